The summed E-state index contributed by atoms with van der Waals surface area (Å²) in [5.41, 5.74) is 6.87. The van der Waals surface area contributed by atoms with Gasteiger partial charge in [-0.3, -0.25) is 9.48 Å². The molecule has 19 heavy (non-hydrogen) atoms. The van der Waals surface area contributed by atoms with Gasteiger partial charge in [-0.05, 0) is 11.6 Å². The molecule has 0 saturated heterocycles. The van der Waals surface area contributed by atoms with Crippen molar-refractivity contribution in [3.63, 3.8) is 0 Å². The van der Waals surface area contributed by atoms with Crippen LogP contribution in [0.15, 0.2) is 42.6 Å². The minimum absolute atomic E-state index is 0.218. The zero-order valence-corrected chi connectivity index (χ0v) is 11.2. The number of nitrogens with one attached hydrogen (secondary N) is 1. The molecule has 0 bridgehead atoms. The smallest absolute Gasteiger partial charge is 0.272 e. The van der Waals surface area contributed by atoms with E-state index in [4.69, 9.17) is 18.0 Å². The molecule has 0 aliphatic carbocycles. The number of nitrogens with zero attached hydrogens (tertiary/aromatic N) is 2. The van der Waals surface area contributed by atoms with Gasteiger partial charge in [-0.25, -0.2) is 0 Å². The van der Waals surface area contributed by atoms with Crippen molar-refractivity contribution in [2.45, 2.75) is 6.04 Å². The number of hydrogen-bond acceptors (Lipinski definition) is 3. The summed E-state index contributed by atoms with van der Waals surface area (Å²) in [6.45, 7) is 0. The molecule has 6 heteroatoms. The minimum atomic E-state index is -0.495. The number of thiocarbonyl (C=S) groups is 1. The second-order valence-electron chi connectivity index (χ2n) is 4.09. The number of carbonyl (C=O) groups is 1. The average molecular weight is 274 g/mol. The lowest BCUT2D eigenvalue weighted by Gasteiger charge is -2.17. The molecule has 0 aliphatic heterocycles. The molecule has 2 aromatic rings. The fourth-order valence-corrected chi connectivity index (χ4v) is 1.90. The molecule has 1 atom stereocenters. The summed E-state index contributed by atoms with van der Waals surface area (Å²) < 4.78 is 1.56. The van der Waals surface area contributed by atoms with Crippen LogP contribution in [0.5, 0.6) is 0 Å². The molecule has 0 radical (unpaired) electrons. The van der Waals surface area contributed by atoms with E-state index in [1.807, 2.05) is 30.3 Å². The van der Waals surface area contributed by atoms with E-state index in [0.717, 1.165) is 5.56 Å². The summed E-state index contributed by atoms with van der Waals surface area (Å²) in [4.78, 5) is 12.3. The average Bonchev–Trinajstić information content (AvgIpc) is 2.83. The molecule has 3 N–H and O–H groups in total. The topological polar surface area (TPSA) is 72.9 Å². The van der Waals surface area contributed by atoms with Crippen molar-refractivity contribution in [1.82, 2.24) is 15.1 Å². The highest BCUT2D eigenvalue weighted by Crippen LogP contribution is 2.13. The predicted octanol–water partition coefficient (Wildman–Crippen LogP) is 1.18. The summed E-state index contributed by atoms with van der Waals surface area (Å²) in [6, 6.07) is 10.5. The Labute approximate surface area is 116 Å². The molecule has 1 unspecified atom stereocenters. The molecule has 1 aromatic heterocycles. The number of hydrogen-bond donors (Lipinski definition) is 2. The van der Waals surface area contributed by atoms with E-state index in [-0.39, 0.29) is 10.9 Å². The largest absolute Gasteiger partial charge is 0.391 e. The lowest BCUT2D eigenvalue weighted by Crippen LogP contribution is -2.36. The van der Waals surface area contributed by atoms with Crippen LogP contribution in [0.25, 0.3) is 0 Å². The number of aromatic nitrogens is 2. The molecule has 1 aromatic carbocycles. The van der Waals surface area contributed by atoms with Crippen molar-refractivity contribution in [1.29, 1.82) is 0 Å². The first-order valence-corrected chi connectivity index (χ1v) is 6.13. The first kappa shape index (κ1) is 13.2. The first-order valence-electron chi connectivity index (χ1n) is 5.72. The second-order valence-corrected chi connectivity index (χ2v) is 4.57. The van der Waals surface area contributed by atoms with E-state index in [2.05, 4.69) is 10.4 Å². The molecule has 98 valence electrons. The summed E-state index contributed by atoms with van der Waals surface area (Å²) >= 11 is 5.01. The van der Waals surface area contributed by atoms with Gasteiger partial charge in [0.2, 0.25) is 0 Å². The molecular formula is C13H14N4OS. The Morgan fingerprint density at radius 3 is 2.58 bits per heavy atom. The standard InChI is InChI=1S/C13H14N4OS/c1-17-8-7-10(16-17)13(18)15-11(12(14)19)9-5-3-2-4-6-9/h2-8,11H,1H3,(H2,14,19)(H,15,18). The van der Waals surface area contributed by atoms with Crippen molar-refractivity contribution < 1.29 is 4.79 Å². The van der Waals surface area contributed by atoms with Gasteiger partial charge in [0.15, 0.2) is 0 Å². The van der Waals surface area contributed by atoms with Crippen molar-refractivity contribution in [2.75, 3.05) is 0 Å². The number of aryl methyl sites for hydroxylation is 1. The van der Waals surface area contributed by atoms with Crippen LogP contribution in [0.4, 0.5) is 0 Å². The number of benzene rings is 1. The maximum atomic E-state index is 12.0. The van der Waals surface area contributed by atoms with Gasteiger partial charge in [0.05, 0.1) is 0 Å². The Bertz CT molecular complexity index is 594. The van der Waals surface area contributed by atoms with Gasteiger partial charge in [0.1, 0.15) is 16.7 Å². The van der Waals surface area contributed by atoms with Gasteiger partial charge in [0.25, 0.3) is 5.91 Å². The Kier molecular flexibility index (Phi) is 3.91. The van der Waals surface area contributed by atoms with E-state index >= 15 is 0 Å². The maximum absolute atomic E-state index is 12.0. The first-order chi connectivity index (χ1) is 9.08. The summed E-state index contributed by atoms with van der Waals surface area (Å²) in [7, 11) is 1.75. The zero-order valence-electron chi connectivity index (χ0n) is 10.4. The summed E-state index contributed by atoms with van der Waals surface area (Å²) in [5.74, 6) is -0.303. The third-order valence-corrected chi connectivity index (χ3v) is 2.87. The zero-order chi connectivity index (χ0) is 13.8. The van der Waals surface area contributed by atoms with Crippen LogP contribution in [0.2, 0.25) is 0 Å². The lowest BCUT2D eigenvalue weighted by molar-refractivity contribution is 0.0941. The van der Waals surface area contributed by atoms with Crippen molar-refractivity contribution in [3.8, 4) is 0 Å². The van der Waals surface area contributed by atoms with Gasteiger partial charge in [-0.2, -0.15) is 5.10 Å². The third-order valence-electron chi connectivity index (χ3n) is 2.64. The minimum Gasteiger partial charge on any atom is -0.391 e. The number of carbonyl (C=O) groups excluding carboxylic acids is 1. The fraction of sp³-hybridized carbons (Fsp3) is 0.154. The molecule has 0 fully saturated rings. The molecule has 1 amide bonds. The monoisotopic (exact) mass is 274 g/mol. The van der Waals surface area contributed by atoms with Crippen LogP contribution < -0.4 is 11.1 Å². The highest BCUT2D eigenvalue weighted by Gasteiger charge is 2.19. The highest BCUT2D eigenvalue weighted by molar-refractivity contribution is 7.80. The third kappa shape index (κ3) is 3.17. The Morgan fingerprint density at radius 1 is 1.37 bits per heavy atom. The summed E-state index contributed by atoms with van der Waals surface area (Å²) in [5, 5.41) is 6.82. The van der Waals surface area contributed by atoms with E-state index < -0.39 is 6.04 Å². The van der Waals surface area contributed by atoms with Crippen LogP contribution in [0.3, 0.4) is 0 Å². The maximum Gasteiger partial charge on any atom is 0.272 e. The summed E-state index contributed by atoms with van der Waals surface area (Å²) in [6.07, 6.45) is 1.70. The van der Waals surface area contributed by atoms with Crippen molar-refractivity contribution in [3.05, 3.63) is 53.9 Å². The molecule has 5 nitrogen and oxygen atoms in total. The van der Waals surface area contributed by atoms with Gasteiger partial charge in [0, 0.05) is 13.2 Å². The Balaban J connectivity index is 2.18. The number of nitrogens with two attached hydrogens (primary N) is 1. The number of amides is 1. The molecule has 0 saturated carbocycles. The molecule has 0 aliphatic rings. The molecule has 1 heterocycles. The van der Waals surface area contributed by atoms with E-state index in [1.54, 1.807) is 24.0 Å². The Morgan fingerprint density at radius 2 is 2.05 bits per heavy atom. The van der Waals surface area contributed by atoms with Gasteiger partial charge in [-0.15, -0.1) is 0 Å². The number of rotatable bonds is 4. The predicted molar refractivity (Wildman–Crippen MR) is 76.6 cm³/mol. The van der Waals surface area contributed by atoms with E-state index in [1.165, 1.54) is 0 Å². The van der Waals surface area contributed by atoms with Crippen LogP contribution in [-0.4, -0.2) is 20.7 Å². The SMILES string of the molecule is Cn1ccc(C(=O)NC(C(N)=S)c2ccccc2)n1. The second kappa shape index (κ2) is 5.62. The quantitative estimate of drug-likeness (QED) is 0.821. The lowest BCUT2D eigenvalue weighted by atomic mass is 10.1. The molecular weight excluding hydrogens is 260 g/mol. The van der Waals surface area contributed by atoms with E-state index in [9.17, 15) is 4.79 Å². The van der Waals surface area contributed by atoms with Gasteiger partial charge >= 0.3 is 0 Å². The fourth-order valence-electron chi connectivity index (χ4n) is 1.71. The van der Waals surface area contributed by atoms with Gasteiger partial charge < -0.3 is 11.1 Å². The Hall–Kier alpha value is -2.21. The normalized spacial score (nSPS) is 11.8. The van der Waals surface area contributed by atoms with Crippen LogP contribution in [-0.2, 0) is 7.05 Å². The van der Waals surface area contributed by atoms with Crippen LogP contribution in [0, 0.1) is 0 Å². The van der Waals surface area contributed by atoms with Crippen LogP contribution in [0.1, 0.15) is 22.1 Å². The highest BCUT2D eigenvalue weighted by atomic mass is 32.1. The van der Waals surface area contributed by atoms with E-state index in [0.29, 0.717) is 5.69 Å². The van der Waals surface area contributed by atoms with Gasteiger partial charge in [-0.1, -0.05) is 42.5 Å². The van der Waals surface area contributed by atoms with Crippen molar-refractivity contribution in [2.24, 2.45) is 12.8 Å². The van der Waals surface area contributed by atoms with Crippen molar-refractivity contribution >= 4 is 23.1 Å². The molecule has 0 spiro atoms. The van der Waals surface area contributed by atoms with Crippen LogP contribution >= 0.6 is 12.2 Å². The molecule has 2 rings (SSSR count).